The molecule has 0 unspecified atom stereocenters. The normalized spacial score (nSPS) is 10.2. The first-order chi connectivity index (χ1) is 16.3. The maximum atomic E-state index is 12.6. The summed E-state index contributed by atoms with van der Waals surface area (Å²) in [6.07, 6.45) is 0.309. The van der Waals surface area contributed by atoms with Crippen LogP contribution < -0.4 is 22.1 Å². The largest absolute Gasteiger partial charge is 0.481 e. The van der Waals surface area contributed by atoms with Crippen molar-refractivity contribution in [3.05, 3.63) is 83.9 Å². The smallest absolute Gasteiger partial charge is 0.303 e. The van der Waals surface area contributed by atoms with Crippen LogP contribution in [0.3, 0.4) is 0 Å². The maximum Gasteiger partial charge on any atom is 0.303 e. The number of guanidine groups is 1. The molecule has 0 radical (unpaired) electrons. The molecule has 9 heteroatoms. The summed E-state index contributed by atoms with van der Waals surface area (Å²) in [5.41, 5.74) is 14.4. The first kappa shape index (κ1) is 24.0. The molecule has 0 aromatic heterocycles. The number of carbonyl (C=O) groups excluding carboxylic acids is 2. The van der Waals surface area contributed by atoms with E-state index in [0.29, 0.717) is 23.4 Å². The van der Waals surface area contributed by atoms with Gasteiger partial charge >= 0.3 is 5.97 Å². The van der Waals surface area contributed by atoms with Gasteiger partial charge in [0.25, 0.3) is 5.91 Å². The van der Waals surface area contributed by atoms with Crippen LogP contribution in [0, 0.1) is 0 Å². The quantitative estimate of drug-likeness (QED) is 0.244. The predicted molar refractivity (Wildman–Crippen MR) is 131 cm³/mol. The Bertz CT molecular complexity index is 1220. The van der Waals surface area contributed by atoms with E-state index in [-0.39, 0.29) is 18.9 Å². The highest BCUT2D eigenvalue weighted by atomic mass is 16.4. The lowest BCUT2D eigenvalue weighted by Crippen LogP contribution is -2.33. The van der Waals surface area contributed by atoms with Crippen LogP contribution in [0.2, 0.25) is 0 Å². The standard InChI is InChI=1S/C25H25N5O4/c26-25(27)29-19-8-4-7-18(14-19)24(34)28-15-22(31)30-21-13-16(10-12-23(32)33)9-11-20(21)17-5-2-1-3-6-17/h1-9,11,13-14H,10,12,15H2,(H,28,34)(H,30,31)(H,32,33)(H4,26,27,29). The lowest BCUT2D eigenvalue weighted by Gasteiger charge is -2.14. The third-order valence-corrected chi connectivity index (χ3v) is 4.85. The minimum Gasteiger partial charge on any atom is -0.481 e. The molecule has 0 atom stereocenters. The lowest BCUT2D eigenvalue weighted by atomic mass is 9.99. The van der Waals surface area contributed by atoms with E-state index in [4.69, 9.17) is 16.6 Å². The highest BCUT2D eigenvalue weighted by Gasteiger charge is 2.13. The number of rotatable bonds is 9. The number of nitrogens with two attached hydrogens (primary N) is 2. The Labute approximate surface area is 196 Å². The zero-order chi connectivity index (χ0) is 24.5. The SMILES string of the molecule is NC(N)=Nc1cccc(C(=O)NCC(=O)Nc2cc(CCC(=O)O)ccc2-c2ccccc2)c1. The number of benzene rings is 3. The molecule has 3 aromatic rings. The second-order valence-electron chi connectivity index (χ2n) is 7.46. The summed E-state index contributed by atoms with van der Waals surface area (Å²) in [6, 6.07) is 21.3. The topological polar surface area (TPSA) is 160 Å². The Morgan fingerprint density at radius 3 is 2.38 bits per heavy atom. The molecule has 174 valence electrons. The Morgan fingerprint density at radius 1 is 0.912 bits per heavy atom. The van der Waals surface area contributed by atoms with Crippen molar-refractivity contribution in [2.75, 3.05) is 11.9 Å². The van der Waals surface area contributed by atoms with Crippen LogP contribution in [-0.4, -0.2) is 35.4 Å². The first-order valence-corrected chi connectivity index (χ1v) is 10.5. The van der Waals surface area contributed by atoms with Crippen molar-refractivity contribution in [3.63, 3.8) is 0 Å². The summed E-state index contributed by atoms with van der Waals surface area (Å²) in [5, 5.41) is 14.4. The summed E-state index contributed by atoms with van der Waals surface area (Å²) < 4.78 is 0. The molecule has 0 heterocycles. The fourth-order valence-electron chi connectivity index (χ4n) is 3.29. The average molecular weight is 460 g/mol. The number of aliphatic imine (C=N–C) groups is 1. The summed E-state index contributed by atoms with van der Waals surface area (Å²) in [4.78, 5) is 40.0. The van der Waals surface area contributed by atoms with Gasteiger partial charge in [0.05, 0.1) is 12.2 Å². The molecule has 0 aliphatic rings. The van der Waals surface area contributed by atoms with Gasteiger partial charge in [0.2, 0.25) is 5.91 Å². The highest BCUT2D eigenvalue weighted by molar-refractivity contribution is 6.01. The van der Waals surface area contributed by atoms with E-state index in [9.17, 15) is 14.4 Å². The van der Waals surface area contributed by atoms with Gasteiger partial charge in [-0.25, -0.2) is 4.99 Å². The molecule has 34 heavy (non-hydrogen) atoms. The Hall–Kier alpha value is -4.66. The molecular weight excluding hydrogens is 434 g/mol. The van der Waals surface area contributed by atoms with E-state index in [1.165, 1.54) is 6.07 Å². The van der Waals surface area contributed by atoms with Gasteiger partial charge in [0.1, 0.15) is 0 Å². The zero-order valence-electron chi connectivity index (χ0n) is 18.3. The number of carbonyl (C=O) groups is 3. The van der Waals surface area contributed by atoms with Crippen molar-refractivity contribution in [2.45, 2.75) is 12.8 Å². The van der Waals surface area contributed by atoms with Crippen molar-refractivity contribution in [3.8, 4) is 11.1 Å². The number of amides is 2. The average Bonchev–Trinajstić information content (AvgIpc) is 2.81. The molecular formula is C25H25N5O4. The van der Waals surface area contributed by atoms with E-state index in [2.05, 4.69) is 15.6 Å². The van der Waals surface area contributed by atoms with Crippen LogP contribution >= 0.6 is 0 Å². The Morgan fingerprint density at radius 2 is 1.68 bits per heavy atom. The molecule has 0 spiro atoms. The van der Waals surface area contributed by atoms with E-state index in [0.717, 1.165) is 16.7 Å². The number of aliphatic carboxylic acids is 1. The number of carboxylic acids is 1. The molecule has 0 aliphatic carbocycles. The third kappa shape index (κ3) is 6.92. The minimum absolute atomic E-state index is 0.0208. The molecule has 0 saturated carbocycles. The predicted octanol–water partition coefficient (Wildman–Crippen LogP) is 2.64. The molecule has 0 aliphatic heterocycles. The molecule has 0 fully saturated rings. The van der Waals surface area contributed by atoms with Gasteiger partial charge in [-0.3, -0.25) is 14.4 Å². The van der Waals surface area contributed by atoms with Crippen molar-refractivity contribution >= 4 is 35.1 Å². The van der Waals surface area contributed by atoms with E-state index < -0.39 is 17.8 Å². The van der Waals surface area contributed by atoms with Crippen molar-refractivity contribution in [1.82, 2.24) is 5.32 Å². The van der Waals surface area contributed by atoms with Gasteiger partial charge in [-0.05, 0) is 41.8 Å². The van der Waals surface area contributed by atoms with Gasteiger partial charge in [0.15, 0.2) is 5.96 Å². The molecule has 3 rings (SSSR count). The van der Waals surface area contributed by atoms with Crippen LogP contribution in [0.4, 0.5) is 11.4 Å². The lowest BCUT2D eigenvalue weighted by molar-refractivity contribution is -0.137. The number of hydrogen-bond donors (Lipinski definition) is 5. The van der Waals surface area contributed by atoms with Gasteiger partial charge in [-0.2, -0.15) is 0 Å². The van der Waals surface area contributed by atoms with Gasteiger partial charge in [-0.1, -0.05) is 48.5 Å². The highest BCUT2D eigenvalue weighted by Crippen LogP contribution is 2.29. The fourth-order valence-corrected chi connectivity index (χ4v) is 3.29. The van der Waals surface area contributed by atoms with E-state index in [1.807, 2.05) is 42.5 Å². The fraction of sp³-hybridized carbons (Fsp3) is 0.120. The van der Waals surface area contributed by atoms with Crippen molar-refractivity contribution < 1.29 is 19.5 Å². The van der Waals surface area contributed by atoms with Gasteiger partial charge < -0.3 is 27.2 Å². The summed E-state index contributed by atoms with van der Waals surface area (Å²) >= 11 is 0. The number of anilines is 1. The van der Waals surface area contributed by atoms with Crippen LogP contribution in [0.25, 0.3) is 11.1 Å². The summed E-state index contributed by atoms with van der Waals surface area (Å²) in [7, 11) is 0. The first-order valence-electron chi connectivity index (χ1n) is 10.5. The van der Waals surface area contributed by atoms with E-state index >= 15 is 0 Å². The second kappa shape index (κ2) is 11.3. The summed E-state index contributed by atoms with van der Waals surface area (Å²) in [6.45, 7) is -0.265. The molecule has 0 saturated heterocycles. The van der Waals surface area contributed by atoms with Crippen LogP contribution in [0.1, 0.15) is 22.3 Å². The number of hydrogen-bond acceptors (Lipinski definition) is 4. The van der Waals surface area contributed by atoms with Crippen LogP contribution in [-0.2, 0) is 16.0 Å². The van der Waals surface area contributed by atoms with Gasteiger partial charge in [-0.15, -0.1) is 0 Å². The molecule has 3 aromatic carbocycles. The monoisotopic (exact) mass is 459 g/mol. The third-order valence-electron chi connectivity index (χ3n) is 4.85. The Kier molecular flexibility index (Phi) is 7.96. The Balaban J connectivity index is 1.72. The molecule has 9 nitrogen and oxygen atoms in total. The molecule has 2 amide bonds. The van der Waals surface area contributed by atoms with Crippen molar-refractivity contribution in [1.29, 1.82) is 0 Å². The maximum absolute atomic E-state index is 12.6. The van der Waals surface area contributed by atoms with Crippen LogP contribution in [0.15, 0.2) is 77.8 Å². The number of nitrogens with zero attached hydrogens (tertiary/aromatic N) is 1. The zero-order valence-corrected chi connectivity index (χ0v) is 18.3. The van der Waals surface area contributed by atoms with Crippen LogP contribution in [0.5, 0.6) is 0 Å². The second-order valence-corrected chi connectivity index (χ2v) is 7.46. The van der Waals surface area contributed by atoms with Gasteiger partial charge in [0, 0.05) is 23.2 Å². The van der Waals surface area contributed by atoms with Crippen molar-refractivity contribution in [2.24, 2.45) is 16.5 Å². The number of aryl methyl sites for hydroxylation is 1. The number of carboxylic acid groups (broad SMARTS) is 1. The molecule has 7 N–H and O–H groups in total. The minimum atomic E-state index is -0.899. The van der Waals surface area contributed by atoms with E-state index in [1.54, 1.807) is 24.3 Å². The number of nitrogens with one attached hydrogen (secondary N) is 2. The summed E-state index contributed by atoms with van der Waals surface area (Å²) in [5.74, 6) is -1.91. The molecule has 0 bridgehead atoms.